The first-order valence-corrected chi connectivity index (χ1v) is 7.09. The van der Waals surface area contributed by atoms with E-state index in [1.807, 2.05) is 24.3 Å². The molecule has 110 valence electrons. The van der Waals surface area contributed by atoms with Crippen LogP contribution in [-0.2, 0) is 0 Å². The van der Waals surface area contributed by atoms with E-state index in [0.717, 1.165) is 10.0 Å². The number of rotatable bonds is 3. The summed E-state index contributed by atoms with van der Waals surface area (Å²) in [5.74, 6) is 0.708. The van der Waals surface area contributed by atoms with Crippen LogP contribution in [0.25, 0.3) is 17.1 Å². The molecule has 2 heterocycles. The molecule has 0 aliphatic carbocycles. The van der Waals surface area contributed by atoms with E-state index in [1.165, 1.54) is 10.9 Å². The molecule has 0 amide bonds. The molecule has 22 heavy (non-hydrogen) atoms. The van der Waals surface area contributed by atoms with Gasteiger partial charge in [0, 0.05) is 16.9 Å². The van der Waals surface area contributed by atoms with Crippen LogP contribution < -0.4 is 5.73 Å². The fourth-order valence-corrected chi connectivity index (χ4v) is 2.32. The minimum Gasteiger partial charge on any atom is -0.411 e. The Hall–Kier alpha value is -2.74. The maximum atomic E-state index is 8.85. The lowest BCUT2D eigenvalue weighted by molar-refractivity contribution is 0.321. The molecule has 0 atom stereocenters. The van der Waals surface area contributed by atoms with Crippen LogP contribution in [0.5, 0.6) is 0 Å². The lowest BCUT2D eigenvalue weighted by atomic mass is 10.1. The van der Waals surface area contributed by atoms with Gasteiger partial charge in [0.1, 0.15) is 11.5 Å². The zero-order chi connectivity index (χ0) is 15.5. The number of hydrogen-bond acceptors (Lipinski definition) is 6. The molecule has 0 spiro atoms. The summed E-state index contributed by atoms with van der Waals surface area (Å²) in [6.45, 7) is 0. The molecule has 3 rings (SSSR count). The van der Waals surface area contributed by atoms with Crippen molar-refractivity contribution in [2.75, 3.05) is 5.73 Å². The van der Waals surface area contributed by atoms with Crippen molar-refractivity contribution in [2.45, 2.75) is 0 Å². The average molecular weight is 359 g/mol. The number of hydrogen-bond donors (Lipinski definition) is 2. The predicted octanol–water partition coefficient (Wildman–Crippen LogP) is 2.48. The zero-order valence-corrected chi connectivity index (χ0v) is 12.8. The van der Waals surface area contributed by atoms with Crippen LogP contribution in [0.1, 0.15) is 5.69 Å². The Kier molecular flexibility index (Phi) is 3.84. The Morgan fingerprint density at radius 1 is 1.18 bits per heavy atom. The summed E-state index contributed by atoms with van der Waals surface area (Å²) >= 11 is 3.39. The summed E-state index contributed by atoms with van der Waals surface area (Å²) in [5.41, 5.74) is 8.12. The van der Waals surface area contributed by atoms with Crippen molar-refractivity contribution in [1.82, 2.24) is 19.7 Å². The molecule has 3 aromatic rings. The fraction of sp³-hybridized carbons (Fsp3) is 0. The highest BCUT2D eigenvalue weighted by molar-refractivity contribution is 9.10. The SMILES string of the molecule is Nc1c(-c2ccc(Br)cc2)c(/C=N/O)nn1-c1ncccn1. The number of benzene rings is 1. The third-order valence-corrected chi connectivity index (χ3v) is 3.53. The highest BCUT2D eigenvalue weighted by Crippen LogP contribution is 2.31. The molecule has 0 bridgehead atoms. The van der Waals surface area contributed by atoms with Gasteiger partial charge in [-0.3, -0.25) is 0 Å². The van der Waals surface area contributed by atoms with Gasteiger partial charge in [0.15, 0.2) is 0 Å². The fourth-order valence-electron chi connectivity index (χ4n) is 2.06. The highest BCUT2D eigenvalue weighted by atomic mass is 79.9. The van der Waals surface area contributed by atoms with E-state index in [0.29, 0.717) is 23.0 Å². The zero-order valence-electron chi connectivity index (χ0n) is 11.3. The minimum absolute atomic E-state index is 0.343. The number of nitrogen functional groups attached to an aromatic ring is 1. The van der Waals surface area contributed by atoms with Gasteiger partial charge in [-0.15, -0.1) is 0 Å². The van der Waals surface area contributed by atoms with Crippen LogP contribution >= 0.6 is 15.9 Å². The molecule has 3 N–H and O–H groups in total. The van der Waals surface area contributed by atoms with Gasteiger partial charge in [0.2, 0.25) is 0 Å². The standard InChI is InChI=1S/C14H11BrN6O/c15-10-4-2-9(3-5-10)12-11(8-19-22)20-21(13(12)16)14-17-6-1-7-18-14/h1-8,22H,16H2/b19-8+. The monoisotopic (exact) mass is 358 g/mol. The first kappa shape index (κ1) is 14.2. The third kappa shape index (κ3) is 2.56. The minimum atomic E-state index is 0.343. The summed E-state index contributed by atoms with van der Waals surface area (Å²) in [5, 5.41) is 16.2. The third-order valence-electron chi connectivity index (χ3n) is 3.00. The van der Waals surface area contributed by atoms with Gasteiger partial charge in [-0.05, 0) is 23.8 Å². The maximum absolute atomic E-state index is 8.85. The number of halogens is 1. The summed E-state index contributed by atoms with van der Waals surface area (Å²) in [4.78, 5) is 8.25. The number of nitrogens with zero attached hydrogens (tertiary/aromatic N) is 5. The number of anilines is 1. The molecule has 8 heteroatoms. The van der Waals surface area contributed by atoms with Crippen molar-refractivity contribution < 1.29 is 5.21 Å². The van der Waals surface area contributed by atoms with E-state index >= 15 is 0 Å². The molecule has 0 unspecified atom stereocenters. The topological polar surface area (TPSA) is 102 Å². The first-order chi connectivity index (χ1) is 10.7. The van der Waals surface area contributed by atoms with Gasteiger partial charge in [0.25, 0.3) is 5.95 Å². The summed E-state index contributed by atoms with van der Waals surface area (Å²) in [6, 6.07) is 9.27. The smallest absolute Gasteiger partial charge is 0.252 e. The first-order valence-electron chi connectivity index (χ1n) is 6.30. The molecular weight excluding hydrogens is 348 g/mol. The Morgan fingerprint density at radius 2 is 1.86 bits per heavy atom. The van der Waals surface area contributed by atoms with Crippen molar-refractivity contribution in [1.29, 1.82) is 0 Å². The van der Waals surface area contributed by atoms with Crippen molar-refractivity contribution in [3.63, 3.8) is 0 Å². The van der Waals surface area contributed by atoms with Crippen LogP contribution in [0, 0.1) is 0 Å². The van der Waals surface area contributed by atoms with Gasteiger partial charge in [-0.2, -0.15) is 9.78 Å². The van der Waals surface area contributed by atoms with Crippen molar-refractivity contribution >= 4 is 28.0 Å². The maximum Gasteiger partial charge on any atom is 0.252 e. The summed E-state index contributed by atoms with van der Waals surface area (Å²) < 4.78 is 2.36. The second-order valence-electron chi connectivity index (χ2n) is 4.36. The number of oxime groups is 1. The van der Waals surface area contributed by atoms with Crippen LogP contribution in [-0.4, -0.2) is 31.2 Å². The van der Waals surface area contributed by atoms with E-state index in [4.69, 9.17) is 10.9 Å². The average Bonchev–Trinajstić information content (AvgIpc) is 2.86. The number of aromatic nitrogens is 4. The molecule has 7 nitrogen and oxygen atoms in total. The van der Waals surface area contributed by atoms with Crippen LogP contribution in [0.4, 0.5) is 5.82 Å². The van der Waals surface area contributed by atoms with Gasteiger partial charge >= 0.3 is 0 Å². The van der Waals surface area contributed by atoms with Gasteiger partial charge < -0.3 is 10.9 Å². The van der Waals surface area contributed by atoms with Gasteiger partial charge in [0.05, 0.1) is 11.8 Å². The van der Waals surface area contributed by atoms with E-state index in [9.17, 15) is 0 Å². The molecule has 1 aromatic carbocycles. The molecule has 0 fully saturated rings. The molecule has 0 radical (unpaired) electrons. The van der Waals surface area contributed by atoms with E-state index in [-0.39, 0.29) is 0 Å². The van der Waals surface area contributed by atoms with Crippen molar-refractivity contribution in [2.24, 2.45) is 5.16 Å². The number of nitrogens with two attached hydrogens (primary N) is 1. The van der Waals surface area contributed by atoms with Gasteiger partial charge in [-0.1, -0.05) is 33.2 Å². The molecule has 0 aliphatic heterocycles. The van der Waals surface area contributed by atoms with Crippen LogP contribution in [0.15, 0.2) is 52.4 Å². The second kappa shape index (κ2) is 5.94. The second-order valence-corrected chi connectivity index (χ2v) is 5.27. The lowest BCUT2D eigenvalue weighted by Crippen LogP contribution is -2.06. The Morgan fingerprint density at radius 3 is 2.50 bits per heavy atom. The lowest BCUT2D eigenvalue weighted by Gasteiger charge is -2.03. The Bertz CT molecular complexity index is 813. The summed E-state index contributed by atoms with van der Waals surface area (Å²) in [7, 11) is 0. The molecule has 0 saturated carbocycles. The van der Waals surface area contributed by atoms with Crippen molar-refractivity contribution in [3.8, 4) is 17.1 Å². The van der Waals surface area contributed by atoms with Crippen LogP contribution in [0.3, 0.4) is 0 Å². The largest absolute Gasteiger partial charge is 0.411 e. The summed E-state index contributed by atoms with van der Waals surface area (Å²) in [6.07, 6.45) is 4.43. The van der Waals surface area contributed by atoms with E-state index < -0.39 is 0 Å². The predicted molar refractivity (Wildman–Crippen MR) is 86.1 cm³/mol. The molecule has 2 aromatic heterocycles. The molecular formula is C14H11BrN6O. The van der Waals surface area contributed by atoms with E-state index in [2.05, 4.69) is 36.2 Å². The quantitative estimate of drug-likeness (QED) is 0.425. The van der Waals surface area contributed by atoms with Crippen molar-refractivity contribution in [3.05, 3.63) is 52.9 Å². The molecule has 0 saturated heterocycles. The Balaban J connectivity index is 2.20. The highest BCUT2D eigenvalue weighted by Gasteiger charge is 2.18. The molecule has 0 aliphatic rings. The van der Waals surface area contributed by atoms with Gasteiger partial charge in [-0.25, -0.2) is 9.97 Å². The normalized spacial score (nSPS) is 11.1. The van der Waals surface area contributed by atoms with Crippen LogP contribution in [0.2, 0.25) is 0 Å². The Labute approximate surface area is 134 Å². The van der Waals surface area contributed by atoms with E-state index in [1.54, 1.807) is 18.5 Å².